The highest BCUT2D eigenvalue weighted by atomic mass is 79.9. The van der Waals surface area contributed by atoms with E-state index in [0.29, 0.717) is 12.1 Å². The maximum absolute atomic E-state index is 3.88. The molecule has 106 valence electrons. The second kappa shape index (κ2) is 6.90. The topological polar surface area (TPSA) is 12.0 Å². The number of nitrogens with one attached hydrogen (secondary N) is 1. The highest BCUT2D eigenvalue weighted by Gasteiger charge is 2.28. The van der Waals surface area contributed by atoms with Gasteiger partial charge in [-0.3, -0.25) is 0 Å². The summed E-state index contributed by atoms with van der Waals surface area (Å²) in [5.41, 5.74) is 1.37. The third-order valence-corrected chi connectivity index (χ3v) is 5.23. The summed E-state index contributed by atoms with van der Waals surface area (Å²) in [6.45, 7) is 7.02. The van der Waals surface area contributed by atoms with Crippen molar-refractivity contribution in [2.75, 3.05) is 0 Å². The number of halogens is 1. The van der Waals surface area contributed by atoms with Crippen molar-refractivity contribution in [1.82, 2.24) is 5.32 Å². The van der Waals surface area contributed by atoms with Crippen molar-refractivity contribution in [3.05, 3.63) is 34.3 Å². The zero-order valence-electron chi connectivity index (χ0n) is 12.3. The van der Waals surface area contributed by atoms with Crippen molar-refractivity contribution in [1.29, 1.82) is 0 Å². The van der Waals surface area contributed by atoms with Crippen LogP contribution in [0.15, 0.2) is 28.7 Å². The van der Waals surface area contributed by atoms with Crippen LogP contribution in [0.3, 0.4) is 0 Å². The molecule has 1 aromatic carbocycles. The standard InChI is InChI=1S/C17H26BrN/c1-12(2)14-8-5-7-11-17(14)19-13(3)15-9-4-6-10-16(15)18/h4,6,9-10,12-14,17,19H,5,7-8,11H2,1-3H3. The van der Waals surface area contributed by atoms with Gasteiger partial charge >= 0.3 is 0 Å². The van der Waals surface area contributed by atoms with Crippen LogP contribution in [0, 0.1) is 11.8 Å². The van der Waals surface area contributed by atoms with Gasteiger partial charge in [0.05, 0.1) is 0 Å². The van der Waals surface area contributed by atoms with E-state index in [1.54, 1.807) is 0 Å². The summed E-state index contributed by atoms with van der Waals surface area (Å²) in [4.78, 5) is 0. The van der Waals surface area contributed by atoms with Crippen molar-refractivity contribution in [3.63, 3.8) is 0 Å². The molecule has 1 aliphatic carbocycles. The number of benzene rings is 1. The Morgan fingerprint density at radius 1 is 1.11 bits per heavy atom. The molecule has 19 heavy (non-hydrogen) atoms. The molecule has 2 rings (SSSR count). The van der Waals surface area contributed by atoms with Gasteiger partial charge in [0.15, 0.2) is 0 Å². The molecule has 1 N–H and O–H groups in total. The van der Waals surface area contributed by atoms with Crippen LogP contribution >= 0.6 is 15.9 Å². The quantitative estimate of drug-likeness (QED) is 0.791. The third-order valence-electron chi connectivity index (χ3n) is 4.51. The summed E-state index contributed by atoms with van der Waals surface area (Å²) in [5, 5.41) is 3.88. The van der Waals surface area contributed by atoms with Crippen LogP contribution in [0.2, 0.25) is 0 Å². The molecule has 2 heteroatoms. The van der Waals surface area contributed by atoms with E-state index in [4.69, 9.17) is 0 Å². The van der Waals surface area contributed by atoms with Crippen molar-refractivity contribution in [2.45, 2.75) is 58.5 Å². The molecule has 3 unspecified atom stereocenters. The molecular formula is C17H26BrN. The van der Waals surface area contributed by atoms with Crippen molar-refractivity contribution in [3.8, 4) is 0 Å². The SMILES string of the molecule is CC(NC1CCCCC1C(C)C)c1ccccc1Br. The van der Waals surface area contributed by atoms with E-state index in [2.05, 4.69) is 66.3 Å². The molecule has 0 bridgehead atoms. The van der Waals surface area contributed by atoms with Crippen molar-refractivity contribution in [2.24, 2.45) is 11.8 Å². The minimum Gasteiger partial charge on any atom is -0.307 e. The molecule has 0 aromatic heterocycles. The van der Waals surface area contributed by atoms with Gasteiger partial charge in [0.2, 0.25) is 0 Å². The van der Waals surface area contributed by atoms with Gasteiger partial charge < -0.3 is 5.32 Å². The molecule has 1 aliphatic rings. The smallest absolute Gasteiger partial charge is 0.0305 e. The van der Waals surface area contributed by atoms with Gasteiger partial charge in [0.1, 0.15) is 0 Å². The van der Waals surface area contributed by atoms with Crippen LogP contribution in [0.1, 0.15) is 58.1 Å². The van der Waals surface area contributed by atoms with E-state index in [1.165, 1.54) is 35.7 Å². The Labute approximate surface area is 126 Å². The molecule has 1 fully saturated rings. The van der Waals surface area contributed by atoms with Crippen LogP contribution in [0.5, 0.6) is 0 Å². The second-order valence-corrected chi connectivity index (χ2v) is 7.06. The van der Waals surface area contributed by atoms with Crippen LogP contribution in [0.25, 0.3) is 0 Å². The van der Waals surface area contributed by atoms with Gasteiger partial charge in [-0.15, -0.1) is 0 Å². The average molecular weight is 324 g/mol. The summed E-state index contributed by atoms with van der Waals surface area (Å²) >= 11 is 3.67. The first-order valence-electron chi connectivity index (χ1n) is 7.60. The van der Waals surface area contributed by atoms with E-state index in [9.17, 15) is 0 Å². The van der Waals surface area contributed by atoms with Gasteiger partial charge in [0, 0.05) is 16.6 Å². The van der Waals surface area contributed by atoms with E-state index in [1.807, 2.05) is 0 Å². The lowest BCUT2D eigenvalue weighted by atomic mass is 9.77. The minimum absolute atomic E-state index is 0.417. The Morgan fingerprint density at radius 3 is 2.47 bits per heavy atom. The largest absolute Gasteiger partial charge is 0.307 e. The first-order valence-corrected chi connectivity index (χ1v) is 8.39. The lowest BCUT2D eigenvalue weighted by Crippen LogP contribution is -2.42. The summed E-state index contributed by atoms with van der Waals surface area (Å²) < 4.78 is 1.21. The number of rotatable bonds is 4. The lowest BCUT2D eigenvalue weighted by molar-refractivity contribution is 0.194. The van der Waals surface area contributed by atoms with Crippen LogP contribution in [-0.4, -0.2) is 6.04 Å². The van der Waals surface area contributed by atoms with Gasteiger partial charge in [0.25, 0.3) is 0 Å². The average Bonchev–Trinajstić information content (AvgIpc) is 2.39. The van der Waals surface area contributed by atoms with Crippen molar-refractivity contribution >= 4 is 15.9 Å². The fourth-order valence-electron chi connectivity index (χ4n) is 3.40. The van der Waals surface area contributed by atoms with Crippen LogP contribution < -0.4 is 5.32 Å². The fraction of sp³-hybridized carbons (Fsp3) is 0.647. The monoisotopic (exact) mass is 323 g/mol. The Bertz CT molecular complexity index is 402. The summed E-state index contributed by atoms with van der Waals surface area (Å²) in [6.07, 6.45) is 5.50. The Morgan fingerprint density at radius 2 is 1.79 bits per heavy atom. The lowest BCUT2D eigenvalue weighted by Gasteiger charge is -2.37. The van der Waals surface area contributed by atoms with Crippen LogP contribution in [0.4, 0.5) is 0 Å². The van der Waals surface area contributed by atoms with E-state index in [0.717, 1.165) is 11.8 Å². The maximum Gasteiger partial charge on any atom is 0.0305 e. The normalized spacial score (nSPS) is 25.5. The predicted octanol–water partition coefficient (Wildman–Crippen LogP) is 5.31. The maximum atomic E-state index is 3.88. The molecule has 3 atom stereocenters. The zero-order valence-corrected chi connectivity index (χ0v) is 13.9. The first-order chi connectivity index (χ1) is 9.09. The zero-order chi connectivity index (χ0) is 13.8. The molecule has 0 spiro atoms. The molecule has 0 radical (unpaired) electrons. The Balaban J connectivity index is 2.05. The number of hydrogen-bond donors (Lipinski definition) is 1. The Hall–Kier alpha value is -0.340. The molecule has 1 aromatic rings. The second-order valence-electron chi connectivity index (χ2n) is 6.21. The predicted molar refractivity (Wildman–Crippen MR) is 86.3 cm³/mol. The Kier molecular flexibility index (Phi) is 5.47. The van der Waals surface area contributed by atoms with Gasteiger partial charge in [-0.1, -0.05) is 60.8 Å². The fourth-order valence-corrected chi connectivity index (χ4v) is 4.03. The molecule has 1 nitrogen and oxygen atoms in total. The van der Waals surface area contributed by atoms with E-state index < -0.39 is 0 Å². The van der Waals surface area contributed by atoms with Crippen molar-refractivity contribution < 1.29 is 0 Å². The third kappa shape index (κ3) is 3.82. The molecule has 0 saturated heterocycles. The summed E-state index contributed by atoms with van der Waals surface area (Å²) in [6, 6.07) is 9.65. The molecular weight excluding hydrogens is 298 g/mol. The summed E-state index contributed by atoms with van der Waals surface area (Å²) in [5.74, 6) is 1.61. The molecule has 0 heterocycles. The van der Waals surface area contributed by atoms with Crippen LogP contribution in [-0.2, 0) is 0 Å². The van der Waals surface area contributed by atoms with E-state index >= 15 is 0 Å². The minimum atomic E-state index is 0.417. The number of hydrogen-bond acceptors (Lipinski definition) is 1. The van der Waals surface area contributed by atoms with Gasteiger partial charge in [-0.05, 0) is 43.2 Å². The highest BCUT2D eigenvalue weighted by Crippen LogP contribution is 2.32. The first kappa shape index (κ1) is 15.1. The molecule has 0 aliphatic heterocycles. The molecule has 0 amide bonds. The van der Waals surface area contributed by atoms with Gasteiger partial charge in [-0.2, -0.15) is 0 Å². The van der Waals surface area contributed by atoms with Gasteiger partial charge in [-0.25, -0.2) is 0 Å². The van der Waals surface area contributed by atoms with E-state index in [-0.39, 0.29) is 0 Å². The summed E-state index contributed by atoms with van der Waals surface area (Å²) in [7, 11) is 0. The molecule has 1 saturated carbocycles. The highest BCUT2D eigenvalue weighted by molar-refractivity contribution is 9.10.